The molecule has 132 valence electrons. The molecule has 0 saturated carbocycles. The standard InChI is InChI=1S/C18H21N3O2S2/c1-23-13-2-4-16(19-10-13)25-17-5-3-15(24-17)18(22)20-14-11-21-8-6-12(14)7-9-21/h2-5,10,12,14H,6-9,11H2,1H3,(H,20,22)/t14-/m0/s1. The van der Waals surface area contributed by atoms with Crippen LogP contribution in [0.1, 0.15) is 22.5 Å². The van der Waals surface area contributed by atoms with E-state index in [1.807, 2.05) is 24.3 Å². The van der Waals surface area contributed by atoms with E-state index in [0.29, 0.717) is 12.0 Å². The number of hydrogen-bond acceptors (Lipinski definition) is 6. The largest absolute Gasteiger partial charge is 0.495 e. The Labute approximate surface area is 155 Å². The summed E-state index contributed by atoms with van der Waals surface area (Å²) < 4.78 is 6.19. The van der Waals surface area contributed by atoms with E-state index in [0.717, 1.165) is 26.4 Å². The Hall–Kier alpha value is -1.57. The van der Waals surface area contributed by atoms with Crippen LogP contribution in [0.25, 0.3) is 0 Å². The number of amides is 1. The van der Waals surface area contributed by atoms with Crippen LogP contribution >= 0.6 is 23.1 Å². The van der Waals surface area contributed by atoms with Crippen molar-refractivity contribution in [3.05, 3.63) is 35.3 Å². The van der Waals surface area contributed by atoms with E-state index < -0.39 is 0 Å². The molecule has 5 rings (SSSR count). The van der Waals surface area contributed by atoms with Gasteiger partial charge in [-0.25, -0.2) is 4.98 Å². The van der Waals surface area contributed by atoms with Crippen molar-refractivity contribution >= 4 is 29.0 Å². The maximum Gasteiger partial charge on any atom is 0.261 e. The molecule has 0 unspecified atom stereocenters. The summed E-state index contributed by atoms with van der Waals surface area (Å²) in [7, 11) is 1.63. The van der Waals surface area contributed by atoms with Gasteiger partial charge in [0.05, 0.1) is 22.4 Å². The van der Waals surface area contributed by atoms with Crippen molar-refractivity contribution in [3.63, 3.8) is 0 Å². The highest BCUT2D eigenvalue weighted by Gasteiger charge is 2.35. The first kappa shape index (κ1) is 16.9. The Morgan fingerprint density at radius 3 is 2.80 bits per heavy atom. The number of aromatic nitrogens is 1. The summed E-state index contributed by atoms with van der Waals surface area (Å²) in [6, 6.07) is 8.02. The molecule has 2 aromatic rings. The van der Waals surface area contributed by atoms with Gasteiger partial charge in [0.15, 0.2) is 0 Å². The van der Waals surface area contributed by atoms with Crippen LogP contribution in [-0.2, 0) is 0 Å². The van der Waals surface area contributed by atoms with Gasteiger partial charge in [0, 0.05) is 12.6 Å². The highest BCUT2D eigenvalue weighted by molar-refractivity contribution is 8.01. The molecule has 0 aromatic carbocycles. The van der Waals surface area contributed by atoms with Crippen molar-refractivity contribution in [3.8, 4) is 5.75 Å². The van der Waals surface area contributed by atoms with Gasteiger partial charge in [0.2, 0.25) is 0 Å². The summed E-state index contributed by atoms with van der Waals surface area (Å²) in [6.07, 6.45) is 4.12. The smallest absolute Gasteiger partial charge is 0.261 e. The highest BCUT2D eigenvalue weighted by atomic mass is 32.2. The molecule has 5 heterocycles. The third kappa shape index (κ3) is 3.83. The normalized spacial score (nSPS) is 24.9. The van der Waals surface area contributed by atoms with E-state index in [9.17, 15) is 4.79 Å². The van der Waals surface area contributed by atoms with Crippen LogP contribution in [0.15, 0.2) is 39.7 Å². The lowest BCUT2D eigenvalue weighted by Crippen LogP contribution is -2.57. The predicted molar refractivity (Wildman–Crippen MR) is 99.6 cm³/mol. The van der Waals surface area contributed by atoms with Gasteiger partial charge in [0.1, 0.15) is 10.8 Å². The topological polar surface area (TPSA) is 54.5 Å². The van der Waals surface area contributed by atoms with Gasteiger partial charge in [-0.05, 0) is 56.1 Å². The first-order chi connectivity index (χ1) is 12.2. The zero-order valence-corrected chi connectivity index (χ0v) is 15.7. The van der Waals surface area contributed by atoms with Crippen molar-refractivity contribution in [2.45, 2.75) is 28.1 Å². The minimum absolute atomic E-state index is 0.0540. The number of ether oxygens (including phenoxy) is 1. The molecule has 5 nitrogen and oxygen atoms in total. The SMILES string of the molecule is COc1ccc(Sc2ccc(C(=O)N[C@H]3CN4CCC3CC4)s2)nc1. The molecule has 0 spiro atoms. The Bertz CT molecular complexity index is 739. The van der Waals surface area contributed by atoms with Gasteiger partial charge in [-0.2, -0.15) is 0 Å². The maximum atomic E-state index is 12.6. The van der Waals surface area contributed by atoms with E-state index in [1.165, 1.54) is 37.3 Å². The summed E-state index contributed by atoms with van der Waals surface area (Å²) in [5, 5.41) is 4.14. The molecule has 1 N–H and O–H groups in total. The second-order valence-electron chi connectivity index (χ2n) is 6.47. The van der Waals surface area contributed by atoms with Gasteiger partial charge in [0.25, 0.3) is 5.91 Å². The number of carbonyl (C=O) groups excluding carboxylic acids is 1. The monoisotopic (exact) mass is 375 g/mol. The van der Waals surface area contributed by atoms with Gasteiger partial charge in [-0.1, -0.05) is 11.8 Å². The number of carbonyl (C=O) groups is 1. The van der Waals surface area contributed by atoms with Crippen molar-refractivity contribution in [1.29, 1.82) is 0 Å². The lowest BCUT2D eigenvalue weighted by atomic mass is 9.84. The molecule has 7 heteroatoms. The molecule has 25 heavy (non-hydrogen) atoms. The molecule has 0 aliphatic carbocycles. The minimum atomic E-state index is 0.0540. The Kier molecular flexibility index (Phi) is 4.96. The average molecular weight is 376 g/mol. The molecular formula is C18H21N3O2S2. The number of fused-ring (bicyclic) bond motifs is 3. The first-order valence-electron chi connectivity index (χ1n) is 8.52. The zero-order valence-electron chi connectivity index (χ0n) is 14.1. The average Bonchev–Trinajstić information content (AvgIpc) is 3.12. The number of rotatable bonds is 5. The predicted octanol–water partition coefficient (Wildman–Crippen LogP) is 3.13. The van der Waals surface area contributed by atoms with E-state index in [-0.39, 0.29) is 5.91 Å². The summed E-state index contributed by atoms with van der Waals surface area (Å²) in [4.78, 5) is 20.2. The molecule has 3 aliphatic heterocycles. The van der Waals surface area contributed by atoms with Gasteiger partial charge < -0.3 is 15.0 Å². The second-order valence-corrected chi connectivity index (χ2v) is 8.88. The van der Waals surface area contributed by atoms with Gasteiger partial charge in [-0.15, -0.1) is 11.3 Å². The molecule has 1 atom stereocenters. The third-order valence-corrected chi connectivity index (χ3v) is 7.09. The number of nitrogens with one attached hydrogen (secondary N) is 1. The molecule has 3 saturated heterocycles. The van der Waals surface area contributed by atoms with Crippen molar-refractivity contribution in [1.82, 2.24) is 15.2 Å². The van der Waals surface area contributed by atoms with Crippen LogP contribution in [-0.4, -0.2) is 48.6 Å². The van der Waals surface area contributed by atoms with Gasteiger partial charge >= 0.3 is 0 Å². The van der Waals surface area contributed by atoms with Crippen LogP contribution in [0.3, 0.4) is 0 Å². The number of hydrogen-bond donors (Lipinski definition) is 1. The summed E-state index contributed by atoms with van der Waals surface area (Å²) in [6.45, 7) is 3.37. The quantitative estimate of drug-likeness (QED) is 0.870. The number of nitrogens with zero attached hydrogens (tertiary/aromatic N) is 2. The number of pyridine rings is 1. The number of piperidine rings is 3. The lowest BCUT2D eigenvalue weighted by Gasteiger charge is -2.44. The summed E-state index contributed by atoms with van der Waals surface area (Å²) in [5.74, 6) is 1.44. The number of thiophene rings is 1. The fraction of sp³-hybridized carbons (Fsp3) is 0.444. The third-order valence-electron chi connectivity index (χ3n) is 4.93. The summed E-state index contributed by atoms with van der Waals surface area (Å²) >= 11 is 3.09. The molecule has 1 amide bonds. The second kappa shape index (κ2) is 7.35. The van der Waals surface area contributed by atoms with Crippen molar-refractivity contribution < 1.29 is 9.53 Å². The van der Waals surface area contributed by atoms with Crippen LogP contribution < -0.4 is 10.1 Å². The van der Waals surface area contributed by atoms with Crippen LogP contribution in [0.2, 0.25) is 0 Å². The van der Waals surface area contributed by atoms with Crippen LogP contribution in [0, 0.1) is 5.92 Å². The fourth-order valence-electron chi connectivity index (χ4n) is 3.52. The van der Waals surface area contributed by atoms with E-state index in [4.69, 9.17) is 4.74 Å². The molecule has 3 aliphatic rings. The Balaban J connectivity index is 1.37. The van der Waals surface area contributed by atoms with Crippen molar-refractivity contribution in [2.24, 2.45) is 5.92 Å². The summed E-state index contributed by atoms with van der Waals surface area (Å²) in [5.41, 5.74) is 0. The molecular weight excluding hydrogens is 354 g/mol. The zero-order chi connectivity index (χ0) is 17.2. The molecule has 2 aromatic heterocycles. The van der Waals surface area contributed by atoms with Gasteiger partial charge in [-0.3, -0.25) is 4.79 Å². The maximum absolute atomic E-state index is 12.6. The van der Waals surface area contributed by atoms with E-state index in [1.54, 1.807) is 25.1 Å². The Morgan fingerprint density at radius 2 is 2.16 bits per heavy atom. The minimum Gasteiger partial charge on any atom is -0.495 e. The van der Waals surface area contributed by atoms with E-state index in [2.05, 4.69) is 15.2 Å². The Morgan fingerprint density at radius 1 is 1.32 bits per heavy atom. The molecule has 2 bridgehead atoms. The molecule has 0 radical (unpaired) electrons. The van der Waals surface area contributed by atoms with E-state index >= 15 is 0 Å². The molecule has 3 fully saturated rings. The van der Waals surface area contributed by atoms with Crippen LogP contribution in [0.5, 0.6) is 5.75 Å². The van der Waals surface area contributed by atoms with Crippen molar-refractivity contribution in [2.75, 3.05) is 26.7 Å². The highest BCUT2D eigenvalue weighted by Crippen LogP contribution is 2.33. The fourth-order valence-corrected chi connectivity index (χ4v) is 5.43. The number of methoxy groups -OCH3 is 1. The first-order valence-corrected chi connectivity index (χ1v) is 10.2. The lowest BCUT2D eigenvalue weighted by molar-refractivity contribution is 0.0622. The van der Waals surface area contributed by atoms with Crippen LogP contribution in [0.4, 0.5) is 0 Å².